The summed E-state index contributed by atoms with van der Waals surface area (Å²) in [7, 11) is 1.52. The molecule has 3 rings (SSSR count). The fourth-order valence-electron chi connectivity index (χ4n) is 4.30. The topological polar surface area (TPSA) is 123 Å². The molecule has 10 heteroatoms. The summed E-state index contributed by atoms with van der Waals surface area (Å²) < 4.78 is 12.0. The van der Waals surface area contributed by atoms with Crippen molar-refractivity contribution >= 4 is 33.7 Å². The molecular formula is C32H38BrN3O6. The first-order valence-electron chi connectivity index (χ1n) is 13.5. The summed E-state index contributed by atoms with van der Waals surface area (Å²) >= 11 is 3.50. The molecule has 0 heterocycles. The highest BCUT2D eigenvalue weighted by molar-refractivity contribution is 9.10. The molecule has 0 bridgehead atoms. The molecule has 9 nitrogen and oxygen atoms in total. The lowest BCUT2D eigenvalue weighted by atomic mass is 9.78. The Kier molecular flexibility index (Phi) is 10.4. The van der Waals surface area contributed by atoms with Crippen LogP contribution in [-0.2, 0) is 28.7 Å². The predicted molar refractivity (Wildman–Crippen MR) is 168 cm³/mol. The largest absolute Gasteiger partial charge is 0.507 e. The molecule has 0 aliphatic rings. The van der Waals surface area contributed by atoms with Gasteiger partial charge in [0.1, 0.15) is 12.4 Å². The SMILES string of the molecule is COc1cc(/C=N\NC(=O)CCc2cc(C(C)(C)C)c(O)c(C(C)(C)C)c2)cc(Br)c1OCc1ccc([N+](=O)[O-])cc1. The van der Waals surface area contributed by atoms with Crippen LogP contribution in [0.1, 0.15) is 75.8 Å². The number of aryl methyl sites for hydroxylation is 1. The number of non-ortho nitro benzene ring substituents is 1. The zero-order valence-electron chi connectivity index (χ0n) is 25.1. The van der Waals surface area contributed by atoms with Gasteiger partial charge in [-0.1, -0.05) is 53.7 Å². The molecule has 0 aliphatic carbocycles. The van der Waals surface area contributed by atoms with E-state index < -0.39 is 4.92 Å². The number of amides is 1. The van der Waals surface area contributed by atoms with Gasteiger partial charge < -0.3 is 14.6 Å². The van der Waals surface area contributed by atoms with Crippen molar-refractivity contribution in [3.05, 3.63) is 90.9 Å². The van der Waals surface area contributed by atoms with E-state index in [1.807, 2.05) is 12.1 Å². The van der Waals surface area contributed by atoms with Crippen LogP contribution in [0.25, 0.3) is 0 Å². The van der Waals surface area contributed by atoms with Gasteiger partial charge in [-0.15, -0.1) is 0 Å². The number of hydrazone groups is 1. The average molecular weight is 641 g/mol. The Balaban J connectivity index is 1.64. The standard InChI is InChI=1S/C32H38BrN3O6/c1-31(2,3)24-14-21(15-25(29(24)38)32(4,5)6)10-13-28(37)35-34-18-22-16-26(33)30(27(17-22)41-7)42-19-20-8-11-23(12-9-20)36(39)40/h8-9,11-12,14-18,38H,10,13,19H2,1-7H3,(H,35,37)/b34-18-. The molecule has 0 aliphatic heterocycles. The number of nitrogens with zero attached hydrogens (tertiary/aromatic N) is 2. The minimum atomic E-state index is -0.451. The molecule has 2 N–H and O–H groups in total. The van der Waals surface area contributed by atoms with Crippen LogP contribution in [-0.4, -0.2) is 29.3 Å². The molecule has 0 radical (unpaired) electrons. The Morgan fingerprint density at radius 3 is 2.14 bits per heavy atom. The normalized spacial score (nSPS) is 11.9. The van der Waals surface area contributed by atoms with Crippen LogP contribution in [0.2, 0.25) is 0 Å². The van der Waals surface area contributed by atoms with Gasteiger partial charge >= 0.3 is 0 Å². The number of nitro groups is 1. The van der Waals surface area contributed by atoms with Crippen LogP contribution in [0.3, 0.4) is 0 Å². The molecule has 0 saturated carbocycles. The van der Waals surface area contributed by atoms with Gasteiger partial charge in [-0.2, -0.15) is 5.10 Å². The van der Waals surface area contributed by atoms with E-state index in [9.17, 15) is 20.0 Å². The third-order valence-corrected chi connectivity index (χ3v) is 7.20. The van der Waals surface area contributed by atoms with E-state index in [-0.39, 0.29) is 35.5 Å². The molecule has 3 aromatic carbocycles. The van der Waals surface area contributed by atoms with Crippen molar-refractivity contribution in [3.63, 3.8) is 0 Å². The second-order valence-corrected chi connectivity index (χ2v) is 12.9. The highest BCUT2D eigenvalue weighted by Gasteiger charge is 2.26. The fraction of sp³-hybridized carbons (Fsp3) is 0.375. The van der Waals surface area contributed by atoms with Crippen LogP contribution < -0.4 is 14.9 Å². The number of hydrogen-bond donors (Lipinski definition) is 2. The first-order chi connectivity index (χ1) is 19.6. The predicted octanol–water partition coefficient (Wildman–Crippen LogP) is 7.33. The second-order valence-electron chi connectivity index (χ2n) is 12.1. The van der Waals surface area contributed by atoms with Gasteiger partial charge in [-0.3, -0.25) is 14.9 Å². The summed E-state index contributed by atoms with van der Waals surface area (Å²) in [6, 6.07) is 13.6. The van der Waals surface area contributed by atoms with E-state index in [0.717, 1.165) is 22.3 Å². The molecule has 0 spiro atoms. The van der Waals surface area contributed by atoms with Gasteiger partial charge in [0.05, 0.1) is 22.7 Å². The molecule has 1 amide bonds. The van der Waals surface area contributed by atoms with Gasteiger partial charge in [0.15, 0.2) is 11.5 Å². The molecule has 0 fully saturated rings. The van der Waals surface area contributed by atoms with E-state index in [1.165, 1.54) is 25.5 Å². The number of nitrogens with one attached hydrogen (secondary N) is 1. The number of carbonyl (C=O) groups excluding carboxylic acids is 1. The molecule has 224 valence electrons. The van der Waals surface area contributed by atoms with Crippen molar-refractivity contribution in [3.8, 4) is 17.2 Å². The van der Waals surface area contributed by atoms with E-state index in [2.05, 4.69) is 68.0 Å². The van der Waals surface area contributed by atoms with Crippen LogP contribution in [0.5, 0.6) is 17.2 Å². The summed E-state index contributed by atoms with van der Waals surface area (Å²) in [6.45, 7) is 12.5. The summed E-state index contributed by atoms with van der Waals surface area (Å²) in [5.41, 5.74) is 6.25. The molecule has 0 atom stereocenters. The van der Waals surface area contributed by atoms with Gasteiger partial charge in [0.25, 0.3) is 5.69 Å². The fourth-order valence-corrected chi connectivity index (χ4v) is 4.87. The Labute approximate surface area is 255 Å². The summed E-state index contributed by atoms with van der Waals surface area (Å²) in [5, 5.41) is 25.9. The van der Waals surface area contributed by atoms with Gasteiger partial charge in [-0.05, 0) is 85.3 Å². The molecule has 42 heavy (non-hydrogen) atoms. The van der Waals surface area contributed by atoms with E-state index in [4.69, 9.17) is 9.47 Å². The second kappa shape index (κ2) is 13.4. The Morgan fingerprint density at radius 1 is 1.02 bits per heavy atom. The number of ether oxygens (including phenoxy) is 2. The maximum Gasteiger partial charge on any atom is 0.269 e. The Morgan fingerprint density at radius 2 is 1.62 bits per heavy atom. The number of aromatic hydroxyl groups is 1. The minimum absolute atomic E-state index is 0.0120. The van der Waals surface area contributed by atoms with Gasteiger partial charge in [0.2, 0.25) is 5.91 Å². The van der Waals surface area contributed by atoms with Gasteiger partial charge in [0, 0.05) is 18.6 Å². The molecule has 0 unspecified atom stereocenters. The van der Waals surface area contributed by atoms with Crippen LogP contribution >= 0.6 is 15.9 Å². The number of hydrogen-bond acceptors (Lipinski definition) is 7. The van der Waals surface area contributed by atoms with Crippen molar-refractivity contribution in [1.82, 2.24) is 5.43 Å². The smallest absolute Gasteiger partial charge is 0.269 e. The third-order valence-electron chi connectivity index (χ3n) is 6.61. The summed E-state index contributed by atoms with van der Waals surface area (Å²) in [6.07, 6.45) is 2.26. The van der Waals surface area contributed by atoms with E-state index in [1.54, 1.807) is 24.3 Å². The van der Waals surface area contributed by atoms with Crippen molar-refractivity contribution in [2.75, 3.05) is 7.11 Å². The maximum atomic E-state index is 12.6. The number of nitro benzene ring substituents is 1. The Bertz CT molecular complexity index is 1440. The van der Waals surface area contributed by atoms with E-state index >= 15 is 0 Å². The number of halogens is 1. The van der Waals surface area contributed by atoms with Gasteiger partial charge in [-0.25, -0.2) is 5.43 Å². The van der Waals surface area contributed by atoms with Crippen molar-refractivity contribution in [2.45, 2.75) is 71.8 Å². The lowest BCUT2D eigenvalue weighted by Gasteiger charge is -2.28. The first-order valence-corrected chi connectivity index (χ1v) is 14.3. The number of methoxy groups -OCH3 is 1. The third kappa shape index (κ3) is 8.55. The molecule has 0 saturated heterocycles. The van der Waals surface area contributed by atoms with Crippen molar-refractivity contribution in [1.29, 1.82) is 0 Å². The number of rotatable bonds is 10. The maximum absolute atomic E-state index is 12.6. The summed E-state index contributed by atoms with van der Waals surface area (Å²) in [4.78, 5) is 23.0. The highest BCUT2D eigenvalue weighted by Crippen LogP contribution is 2.40. The number of benzene rings is 3. The number of phenols is 1. The zero-order valence-corrected chi connectivity index (χ0v) is 26.7. The van der Waals surface area contributed by atoms with Crippen molar-refractivity contribution < 1.29 is 24.3 Å². The zero-order chi connectivity index (χ0) is 31.2. The first kappa shape index (κ1) is 32.6. The highest BCUT2D eigenvalue weighted by atomic mass is 79.9. The van der Waals surface area contributed by atoms with Crippen LogP contribution in [0.4, 0.5) is 5.69 Å². The summed E-state index contributed by atoms with van der Waals surface area (Å²) in [5.74, 6) is 1.01. The average Bonchev–Trinajstić information content (AvgIpc) is 2.90. The minimum Gasteiger partial charge on any atom is -0.507 e. The lowest BCUT2D eigenvalue weighted by molar-refractivity contribution is -0.384. The molecular weight excluding hydrogens is 602 g/mol. The number of phenolic OH excluding ortho intramolecular Hbond substituents is 1. The van der Waals surface area contributed by atoms with Crippen molar-refractivity contribution in [2.24, 2.45) is 5.10 Å². The quantitative estimate of drug-likeness (QED) is 0.136. The monoisotopic (exact) mass is 639 g/mol. The van der Waals surface area contributed by atoms with Crippen LogP contribution in [0, 0.1) is 10.1 Å². The molecule has 3 aromatic rings. The Hall–Kier alpha value is -3.92. The lowest BCUT2D eigenvalue weighted by Crippen LogP contribution is -2.20. The number of carbonyl (C=O) groups is 1. The molecule has 0 aromatic heterocycles. The van der Waals surface area contributed by atoms with Crippen LogP contribution in [0.15, 0.2) is 58.1 Å². The van der Waals surface area contributed by atoms with E-state index in [0.29, 0.717) is 33.7 Å².